The SMILES string of the molecule is CC(C)OCC(=O)N1CC(C(N)=O)Oc2ccccc21. The zero-order chi connectivity index (χ0) is 14.7. The van der Waals surface area contributed by atoms with Crippen molar-refractivity contribution in [3.63, 3.8) is 0 Å². The minimum absolute atomic E-state index is 0.0397. The molecule has 1 aliphatic heterocycles. The monoisotopic (exact) mass is 278 g/mol. The Morgan fingerprint density at radius 3 is 2.80 bits per heavy atom. The Balaban J connectivity index is 2.22. The number of rotatable bonds is 4. The van der Waals surface area contributed by atoms with E-state index in [1.165, 1.54) is 4.90 Å². The summed E-state index contributed by atoms with van der Waals surface area (Å²) in [6, 6.07) is 7.04. The van der Waals surface area contributed by atoms with Gasteiger partial charge in [0.1, 0.15) is 12.4 Å². The quantitative estimate of drug-likeness (QED) is 0.878. The van der Waals surface area contributed by atoms with Gasteiger partial charge in [-0.25, -0.2) is 0 Å². The maximum Gasteiger partial charge on any atom is 0.260 e. The van der Waals surface area contributed by atoms with Crippen LogP contribution in [0.3, 0.4) is 0 Å². The van der Waals surface area contributed by atoms with Crippen LogP contribution in [-0.4, -0.2) is 37.2 Å². The fraction of sp³-hybridized carbons (Fsp3) is 0.429. The van der Waals surface area contributed by atoms with Crippen molar-refractivity contribution in [2.45, 2.75) is 26.1 Å². The van der Waals surface area contributed by atoms with Crippen molar-refractivity contribution in [2.75, 3.05) is 18.1 Å². The Morgan fingerprint density at radius 2 is 2.15 bits per heavy atom. The van der Waals surface area contributed by atoms with Gasteiger partial charge in [0, 0.05) is 0 Å². The molecule has 0 aliphatic carbocycles. The van der Waals surface area contributed by atoms with E-state index < -0.39 is 12.0 Å². The number of para-hydroxylation sites is 2. The zero-order valence-corrected chi connectivity index (χ0v) is 11.5. The summed E-state index contributed by atoms with van der Waals surface area (Å²) in [7, 11) is 0. The van der Waals surface area contributed by atoms with E-state index in [9.17, 15) is 9.59 Å². The third-order valence-corrected chi connectivity index (χ3v) is 2.93. The number of amides is 2. The molecule has 0 aromatic heterocycles. The van der Waals surface area contributed by atoms with Gasteiger partial charge in [-0.15, -0.1) is 0 Å². The lowest BCUT2D eigenvalue weighted by Crippen LogP contribution is -2.50. The number of nitrogens with zero attached hydrogens (tertiary/aromatic N) is 1. The molecule has 0 saturated carbocycles. The lowest BCUT2D eigenvalue weighted by molar-refractivity contribution is -0.127. The third kappa shape index (κ3) is 3.08. The second kappa shape index (κ2) is 5.92. The molecule has 1 aliphatic rings. The summed E-state index contributed by atoms with van der Waals surface area (Å²) in [6.45, 7) is 3.77. The van der Waals surface area contributed by atoms with Crippen LogP contribution in [0.2, 0.25) is 0 Å². The lowest BCUT2D eigenvalue weighted by Gasteiger charge is -2.33. The average Bonchev–Trinajstić information content (AvgIpc) is 2.43. The van der Waals surface area contributed by atoms with Crippen LogP contribution >= 0.6 is 0 Å². The van der Waals surface area contributed by atoms with Gasteiger partial charge in [-0.1, -0.05) is 12.1 Å². The summed E-state index contributed by atoms with van der Waals surface area (Å²) < 4.78 is 10.8. The first-order valence-electron chi connectivity index (χ1n) is 6.46. The molecular weight excluding hydrogens is 260 g/mol. The highest BCUT2D eigenvalue weighted by atomic mass is 16.5. The normalized spacial score (nSPS) is 17.6. The number of ether oxygens (including phenoxy) is 2. The first-order chi connectivity index (χ1) is 9.49. The van der Waals surface area contributed by atoms with Crippen LogP contribution in [0.15, 0.2) is 24.3 Å². The van der Waals surface area contributed by atoms with E-state index in [4.69, 9.17) is 15.2 Å². The van der Waals surface area contributed by atoms with Crippen LogP contribution in [0.5, 0.6) is 5.75 Å². The van der Waals surface area contributed by atoms with Crippen molar-refractivity contribution >= 4 is 17.5 Å². The van der Waals surface area contributed by atoms with E-state index in [2.05, 4.69) is 0 Å². The number of fused-ring (bicyclic) bond motifs is 1. The molecule has 1 aromatic carbocycles. The maximum atomic E-state index is 12.2. The van der Waals surface area contributed by atoms with E-state index >= 15 is 0 Å². The van der Waals surface area contributed by atoms with Crippen molar-refractivity contribution in [3.8, 4) is 5.75 Å². The standard InChI is InChI=1S/C14H18N2O4/c1-9(2)19-8-13(17)16-7-12(14(15)18)20-11-6-4-3-5-10(11)16/h3-6,9,12H,7-8H2,1-2H3,(H2,15,18). The lowest BCUT2D eigenvalue weighted by atomic mass is 10.2. The van der Waals surface area contributed by atoms with Gasteiger partial charge in [0.25, 0.3) is 11.8 Å². The number of carbonyl (C=O) groups is 2. The number of benzene rings is 1. The molecule has 0 radical (unpaired) electrons. The van der Waals surface area contributed by atoms with Crippen molar-refractivity contribution < 1.29 is 19.1 Å². The number of carbonyl (C=O) groups excluding carboxylic acids is 2. The second-order valence-corrected chi connectivity index (χ2v) is 4.84. The summed E-state index contributed by atoms with van der Waals surface area (Å²) >= 11 is 0. The van der Waals surface area contributed by atoms with Gasteiger partial charge >= 0.3 is 0 Å². The summed E-state index contributed by atoms with van der Waals surface area (Å²) in [5, 5.41) is 0. The molecule has 0 saturated heterocycles. The molecule has 6 nitrogen and oxygen atoms in total. The molecule has 0 spiro atoms. The van der Waals surface area contributed by atoms with Crippen LogP contribution < -0.4 is 15.4 Å². The maximum absolute atomic E-state index is 12.2. The van der Waals surface area contributed by atoms with Gasteiger partial charge in [0.05, 0.1) is 18.3 Å². The summed E-state index contributed by atoms with van der Waals surface area (Å²) in [5.41, 5.74) is 5.90. The molecule has 2 amide bonds. The molecule has 0 fully saturated rings. The molecule has 1 atom stereocenters. The Bertz CT molecular complexity index is 516. The Kier molecular flexibility index (Phi) is 4.24. The number of hydrogen-bond donors (Lipinski definition) is 1. The van der Waals surface area contributed by atoms with E-state index in [0.29, 0.717) is 11.4 Å². The first kappa shape index (κ1) is 14.3. The fourth-order valence-electron chi connectivity index (χ4n) is 1.93. The van der Waals surface area contributed by atoms with Gasteiger partial charge in [-0.3, -0.25) is 9.59 Å². The Labute approximate surface area is 117 Å². The summed E-state index contributed by atoms with van der Waals surface area (Å²) in [6.07, 6.45) is -0.880. The molecule has 1 aromatic rings. The summed E-state index contributed by atoms with van der Waals surface area (Å²) in [5.74, 6) is -0.344. The van der Waals surface area contributed by atoms with Crippen molar-refractivity contribution in [3.05, 3.63) is 24.3 Å². The number of anilines is 1. The zero-order valence-electron chi connectivity index (χ0n) is 11.5. The fourth-order valence-corrected chi connectivity index (χ4v) is 1.93. The van der Waals surface area contributed by atoms with Gasteiger partial charge in [0.15, 0.2) is 6.10 Å². The van der Waals surface area contributed by atoms with Crippen LogP contribution in [0.1, 0.15) is 13.8 Å². The van der Waals surface area contributed by atoms with Crippen molar-refractivity contribution in [2.24, 2.45) is 5.73 Å². The van der Waals surface area contributed by atoms with E-state index in [-0.39, 0.29) is 25.2 Å². The Morgan fingerprint density at radius 1 is 1.45 bits per heavy atom. The molecule has 2 N–H and O–H groups in total. The van der Waals surface area contributed by atoms with E-state index in [1.807, 2.05) is 13.8 Å². The molecular formula is C14H18N2O4. The topological polar surface area (TPSA) is 81.9 Å². The average molecular weight is 278 g/mol. The molecule has 6 heteroatoms. The molecule has 2 rings (SSSR count). The van der Waals surface area contributed by atoms with Crippen LogP contribution in [0, 0.1) is 0 Å². The smallest absolute Gasteiger partial charge is 0.260 e. The van der Waals surface area contributed by atoms with Crippen LogP contribution in [0.4, 0.5) is 5.69 Å². The van der Waals surface area contributed by atoms with Gasteiger partial charge in [-0.05, 0) is 26.0 Å². The van der Waals surface area contributed by atoms with Crippen LogP contribution in [0.25, 0.3) is 0 Å². The second-order valence-electron chi connectivity index (χ2n) is 4.84. The Hall–Kier alpha value is -2.08. The predicted octanol–water partition coefficient (Wildman–Crippen LogP) is 0.691. The third-order valence-electron chi connectivity index (χ3n) is 2.93. The van der Waals surface area contributed by atoms with E-state index in [1.54, 1.807) is 24.3 Å². The largest absolute Gasteiger partial charge is 0.477 e. The summed E-state index contributed by atoms with van der Waals surface area (Å²) in [4.78, 5) is 25.0. The van der Waals surface area contributed by atoms with Crippen molar-refractivity contribution in [1.82, 2.24) is 0 Å². The van der Waals surface area contributed by atoms with E-state index in [0.717, 1.165) is 0 Å². The molecule has 1 unspecified atom stereocenters. The first-order valence-corrected chi connectivity index (χ1v) is 6.46. The number of hydrogen-bond acceptors (Lipinski definition) is 4. The minimum Gasteiger partial charge on any atom is -0.477 e. The number of primary amides is 1. The highest BCUT2D eigenvalue weighted by Gasteiger charge is 2.32. The van der Waals surface area contributed by atoms with Crippen molar-refractivity contribution in [1.29, 1.82) is 0 Å². The highest BCUT2D eigenvalue weighted by Crippen LogP contribution is 2.33. The highest BCUT2D eigenvalue weighted by molar-refractivity contribution is 5.97. The van der Waals surface area contributed by atoms with Crippen LogP contribution in [-0.2, 0) is 14.3 Å². The molecule has 1 heterocycles. The molecule has 0 bridgehead atoms. The van der Waals surface area contributed by atoms with Gasteiger partial charge in [-0.2, -0.15) is 0 Å². The van der Waals surface area contributed by atoms with Gasteiger partial charge < -0.3 is 20.1 Å². The predicted molar refractivity (Wildman–Crippen MR) is 73.5 cm³/mol. The molecule has 20 heavy (non-hydrogen) atoms. The molecule has 108 valence electrons. The van der Waals surface area contributed by atoms with Gasteiger partial charge in [0.2, 0.25) is 0 Å². The number of nitrogens with two attached hydrogens (primary N) is 1. The minimum atomic E-state index is -0.840.